The highest BCUT2D eigenvalue weighted by atomic mass is 35.5. The normalized spacial score (nSPS) is 12.3. The quantitative estimate of drug-likeness (QED) is 0.621. The first-order chi connectivity index (χ1) is 7.24. The lowest BCUT2D eigenvalue weighted by Gasteiger charge is -2.11. The van der Waals surface area contributed by atoms with Crippen molar-refractivity contribution in [3.63, 3.8) is 0 Å². The summed E-state index contributed by atoms with van der Waals surface area (Å²) < 4.78 is 0.848. The Labute approximate surface area is 105 Å². The van der Waals surface area contributed by atoms with Crippen LogP contribution in [0.3, 0.4) is 0 Å². The van der Waals surface area contributed by atoms with Gasteiger partial charge in [0.05, 0.1) is 10.1 Å². The van der Waals surface area contributed by atoms with E-state index in [4.69, 9.17) is 18.0 Å². The Bertz CT molecular complexity index is 330. The van der Waals surface area contributed by atoms with Gasteiger partial charge < -0.3 is 5.32 Å². The molecule has 4 heteroatoms. The van der Waals surface area contributed by atoms with Gasteiger partial charge in [-0.15, -0.1) is 29.5 Å². The van der Waals surface area contributed by atoms with Crippen molar-refractivity contribution >= 4 is 34.7 Å². The number of nitrogens with one attached hydrogen (secondary N) is 1. The molecule has 0 amide bonds. The molecule has 0 fully saturated rings. The van der Waals surface area contributed by atoms with Crippen molar-refractivity contribution in [2.24, 2.45) is 0 Å². The van der Waals surface area contributed by atoms with Crippen LogP contribution in [0.4, 0.5) is 0 Å². The van der Waals surface area contributed by atoms with E-state index in [0.717, 1.165) is 22.4 Å². The Morgan fingerprint density at radius 1 is 1.67 bits per heavy atom. The Morgan fingerprint density at radius 2 is 2.47 bits per heavy atom. The second-order valence-electron chi connectivity index (χ2n) is 3.07. The van der Waals surface area contributed by atoms with Gasteiger partial charge in [-0.2, -0.15) is 0 Å². The average molecular weight is 260 g/mol. The first kappa shape index (κ1) is 12.9. The van der Waals surface area contributed by atoms with Crippen LogP contribution in [0.1, 0.15) is 17.8 Å². The summed E-state index contributed by atoms with van der Waals surface area (Å²) in [6, 6.07) is 4.38. The van der Waals surface area contributed by atoms with Gasteiger partial charge in [-0.05, 0) is 19.1 Å². The first-order valence-corrected chi connectivity index (χ1v) is 7.08. The van der Waals surface area contributed by atoms with E-state index < -0.39 is 0 Å². The summed E-state index contributed by atoms with van der Waals surface area (Å²) in [5, 5.41) is 3.43. The van der Waals surface area contributed by atoms with Crippen molar-refractivity contribution in [2.45, 2.75) is 13.0 Å². The predicted molar refractivity (Wildman–Crippen MR) is 71.9 cm³/mol. The molecule has 0 aliphatic heterocycles. The summed E-state index contributed by atoms with van der Waals surface area (Å²) in [5.74, 6) is 4.45. The molecule has 82 valence electrons. The number of terminal acetylenes is 1. The van der Waals surface area contributed by atoms with Crippen LogP contribution in [0, 0.1) is 12.3 Å². The summed E-state index contributed by atoms with van der Waals surface area (Å²) in [5.41, 5.74) is 0. The molecule has 0 aliphatic rings. The Morgan fingerprint density at radius 3 is 3.07 bits per heavy atom. The van der Waals surface area contributed by atoms with E-state index in [1.165, 1.54) is 4.88 Å². The molecule has 0 saturated carbocycles. The molecule has 1 rings (SSSR count). The summed E-state index contributed by atoms with van der Waals surface area (Å²) in [6.07, 6.45) is 5.16. The van der Waals surface area contributed by atoms with E-state index >= 15 is 0 Å². The fourth-order valence-corrected chi connectivity index (χ4v) is 2.75. The summed E-state index contributed by atoms with van der Waals surface area (Å²) in [6.45, 7) is 3.12. The molecule has 15 heavy (non-hydrogen) atoms. The molecule has 0 aromatic carbocycles. The number of rotatable bonds is 6. The minimum atomic E-state index is 0.369. The second-order valence-corrected chi connectivity index (χ2v) is 5.93. The Kier molecular flexibility index (Phi) is 6.19. The van der Waals surface area contributed by atoms with Crippen molar-refractivity contribution in [3.8, 4) is 12.3 Å². The van der Waals surface area contributed by atoms with Gasteiger partial charge in [-0.3, -0.25) is 0 Å². The monoisotopic (exact) mass is 259 g/mol. The molecule has 0 saturated heterocycles. The zero-order valence-corrected chi connectivity index (χ0v) is 11.0. The predicted octanol–water partition coefficient (Wildman–Crippen LogP) is 3.42. The minimum Gasteiger partial charge on any atom is -0.309 e. The Hall–Kier alpha value is -0.140. The van der Waals surface area contributed by atoms with E-state index in [9.17, 15) is 0 Å². The third kappa shape index (κ3) is 4.94. The van der Waals surface area contributed by atoms with E-state index in [-0.39, 0.29) is 0 Å². The summed E-state index contributed by atoms with van der Waals surface area (Å²) in [4.78, 5) is 1.28. The van der Waals surface area contributed by atoms with Gasteiger partial charge in [-0.25, -0.2) is 0 Å². The van der Waals surface area contributed by atoms with Crippen LogP contribution in [-0.2, 0) is 0 Å². The van der Waals surface area contributed by atoms with Gasteiger partial charge in [0.15, 0.2) is 0 Å². The zero-order valence-electron chi connectivity index (χ0n) is 8.63. The maximum atomic E-state index is 5.87. The highest BCUT2D eigenvalue weighted by Crippen LogP contribution is 2.26. The number of thioether (sulfide) groups is 1. The molecule has 1 heterocycles. The van der Waals surface area contributed by atoms with E-state index in [0.29, 0.717) is 6.04 Å². The number of halogens is 1. The van der Waals surface area contributed by atoms with E-state index in [1.807, 2.05) is 6.07 Å². The third-order valence-corrected chi connectivity index (χ3v) is 4.18. The van der Waals surface area contributed by atoms with Crippen molar-refractivity contribution in [1.82, 2.24) is 5.32 Å². The molecule has 0 aliphatic carbocycles. The topological polar surface area (TPSA) is 12.0 Å². The van der Waals surface area contributed by atoms with Gasteiger partial charge in [0, 0.05) is 23.2 Å². The molecule has 1 aromatic heterocycles. The zero-order chi connectivity index (χ0) is 11.1. The molecule has 1 nitrogen and oxygen atoms in total. The van der Waals surface area contributed by atoms with Crippen molar-refractivity contribution in [3.05, 3.63) is 21.3 Å². The van der Waals surface area contributed by atoms with Crippen molar-refractivity contribution in [1.29, 1.82) is 0 Å². The van der Waals surface area contributed by atoms with Gasteiger partial charge in [0.2, 0.25) is 0 Å². The van der Waals surface area contributed by atoms with Crippen molar-refractivity contribution in [2.75, 3.05) is 18.1 Å². The lowest BCUT2D eigenvalue weighted by Crippen LogP contribution is -2.20. The lowest BCUT2D eigenvalue weighted by molar-refractivity contribution is 0.610. The van der Waals surface area contributed by atoms with Crippen LogP contribution in [-0.4, -0.2) is 18.1 Å². The minimum absolute atomic E-state index is 0.369. The largest absolute Gasteiger partial charge is 0.309 e. The SMILES string of the molecule is C#CCSCCNC(C)c1ccc(Cl)s1. The maximum Gasteiger partial charge on any atom is 0.0931 e. The Balaban J connectivity index is 2.19. The molecule has 0 spiro atoms. The van der Waals surface area contributed by atoms with Crippen LogP contribution in [0.2, 0.25) is 4.34 Å². The number of hydrogen-bond acceptors (Lipinski definition) is 3. The molecule has 0 bridgehead atoms. The fourth-order valence-electron chi connectivity index (χ4n) is 1.14. The molecule has 1 N–H and O–H groups in total. The van der Waals surface area contributed by atoms with Crippen LogP contribution in [0.25, 0.3) is 0 Å². The number of hydrogen-bond donors (Lipinski definition) is 1. The van der Waals surface area contributed by atoms with Gasteiger partial charge >= 0.3 is 0 Å². The van der Waals surface area contributed by atoms with Crippen LogP contribution in [0.5, 0.6) is 0 Å². The summed E-state index contributed by atoms with van der Waals surface area (Å²) >= 11 is 9.27. The maximum absolute atomic E-state index is 5.87. The van der Waals surface area contributed by atoms with Crippen LogP contribution >= 0.6 is 34.7 Å². The molecular weight excluding hydrogens is 246 g/mol. The van der Waals surface area contributed by atoms with Crippen LogP contribution < -0.4 is 5.32 Å². The van der Waals surface area contributed by atoms with Crippen LogP contribution in [0.15, 0.2) is 12.1 Å². The molecule has 1 atom stereocenters. The van der Waals surface area contributed by atoms with Gasteiger partial charge in [-0.1, -0.05) is 17.5 Å². The van der Waals surface area contributed by atoms with E-state index in [1.54, 1.807) is 23.1 Å². The molecule has 0 radical (unpaired) electrons. The smallest absolute Gasteiger partial charge is 0.0931 e. The highest BCUT2D eigenvalue weighted by molar-refractivity contribution is 7.99. The molecule has 1 unspecified atom stereocenters. The fraction of sp³-hybridized carbons (Fsp3) is 0.455. The van der Waals surface area contributed by atoms with Crippen molar-refractivity contribution < 1.29 is 0 Å². The molecular formula is C11H14ClNS2. The average Bonchev–Trinajstić information content (AvgIpc) is 2.64. The standard InChI is InChI=1S/C11H14ClNS2/c1-3-7-14-8-6-13-9(2)10-4-5-11(12)15-10/h1,4-5,9,13H,6-8H2,2H3. The van der Waals surface area contributed by atoms with Gasteiger partial charge in [0.1, 0.15) is 0 Å². The number of thiophene rings is 1. The first-order valence-electron chi connectivity index (χ1n) is 4.74. The third-order valence-electron chi connectivity index (χ3n) is 1.90. The highest BCUT2D eigenvalue weighted by Gasteiger charge is 2.06. The molecule has 1 aromatic rings. The summed E-state index contributed by atoms with van der Waals surface area (Å²) in [7, 11) is 0. The van der Waals surface area contributed by atoms with E-state index in [2.05, 4.69) is 24.2 Å². The van der Waals surface area contributed by atoms with Gasteiger partial charge in [0.25, 0.3) is 0 Å². The second kappa shape index (κ2) is 7.19. The lowest BCUT2D eigenvalue weighted by atomic mass is 10.3.